The summed E-state index contributed by atoms with van der Waals surface area (Å²) in [6.07, 6.45) is 0. The van der Waals surface area contributed by atoms with Crippen LogP contribution in [0.2, 0.25) is 0 Å². The number of methoxy groups -OCH3 is 2. The maximum Gasteiger partial charge on any atom is 0.127 e. The molecule has 2 aromatic rings. The van der Waals surface area contributed by atoms with Crippen molar-refractivity contribution in [3.8, 4) is 11.5 Å². The van der Waals surface area contributed by atoms with E-state index in [0.717, 1.165) is 21.9 Å². The fourth-order valence-electron chi connectivity index (χ4n) is 1.81. The third-order valence-corrected chi connectivity index (χ3v) is 4.51. The zero-order chi connectivity index (χ0) is 13.1. The lowest BCUT2D eigenvalue weighted by Crippen LogP contribution is -1.97. The molecule has 0 aliphatic rings. The molecule has 0 aliphatic heterocycles. The first-order valence-electron chi connectivity index (χ1n) is 5.57. The van der Waals surface area contributed by atoms with Gasteiger partial charge >= 0.3 is 0 Å². The molecule has 0 aliphatic carbocycles. The van der Waals surface area contributed by atoms with Gasteiger partial charge in [0, 0.05) is 16.5 Å². The molecule has 0 bridgehead atoms. The summed E-state index contributed by atoms with van der Waals surface area (Å²) >= 11 is 8.21. The number of benzene rings is 1. The maximum absolute atomic E-state index is 6.55. The van der Waals surface area contributed by atoms with Crippen molar-refractivity contribution < 1.29 is 9.47 Å². The minimum Gasteiger partial charge on any atom is -0.497 e. The minimum atomic E-state index is -0.189. The van der Waals surface area contributed by atoms with Gasteiger partial charge in [0.2, 0.25) is 0 Å². The molecule has 0 saturated carbocycles. The Balaban J connectivity index is 2.41. The predicted octanol–water partition coefficient (Wildman–Crippen LogP) is 4.40. The van der Waals surface area contributed by atoms with Crippen LogP contribution in [0.5, 0.6) is 11.5 Å². The third-order valence-electron chi connectivity index (χ3n) is 2.85. The van der Waals surface area contributed by atoms with E-state index in [-0.39, 0.29) is 5.38 Å². The van der Waals surface area contributed by atoms with Crippen molar-refractivity contribution in [3.63, 3.8) is 0 Å². The largest absolute Gasteiger partial charge is 0.497 e. The summed E-state index contributed by atoms with van der Waals surface area (Å²) in [5.41, 5.74) is 2.17. The van der Waals surface area contributed by atoms with Gasteiger partial charge in [-0.3, -0.25) is 0 Å². The van der Waals surface area contributed by atoms with Gasteiger partial charge in [0.15, 0.2) is 0 Å². The number of hydrogen-bond donors (Lipinski definition) is 0. The maximum atomic E-state index is 6.55. The molecule has 0 amide bonds. The number of thiophene rings is 1. The Morgan fingerprint density at radius 3 is 2.50 bits per heavy atom. The van der Waals surface area contributed by atoms with Gasteiger partial charge in [-0.15, -0.1) is 22.9 Å². The van der Waals surface area contributed by atoms with Gasteiger partial charge in [0.25, 0.3) is 0 Å². The highest BCUT2D eigenvalue weighted by Gasteiger charge is 2.19. The molecular formula is C14H15ClO2S. The van der Waals surface area contributed by atoms with Crippen molar-refractivity contribution in [1.29, 1.82) is 0 Å². The number of alkyl halides is 1. The summed E-state index contributed by atoms with van der Waals surface area (Å²) in [5, 5.41) is 1.86. The van der Waals surface area contributed by atoms with Gasteiger partial charge in [0.1, 0.15) is 11.5 Å². The van der Waals surface area contributed by atoms with Crippen LogP contribution in [0.25, 0.3) is 0 Å². The molecule has 4 heteroatoms. The standard InChI is InChI=1S/C14H15ClO2S/c1-9-6-7-18-14(9)13(15)11-5-4-10(16-2)8-12(11)17-3/h4-8,13H,1-3H3. The SMILES string of the molecule is COc1ccc(C(Cl)c2sccc2C)c(OC)c1. The normalized spacial score (nSPS) is 12.2. The average Bonchev–Trinajstić information content (AvgIpc) is 2.83. The second kappa shape index (κ2) is 5.63. The van der Waals surface area contributed by atoms with Crippen LogP contribution in [-0.2, 0) is 0 Å². The van der Waals surface area contributed by atoms with Gasteiger partial charge in [-0.1, -0.05) is 0 Å². The molecule has 96 valence electrons. The Hall–Kier alpha value is -1.19. The van der Waals surface area contributed by atoms with Crippen molar-refractivity contribution in [1.82, 2.24) is 0 Å². The Labute approximate surface area is 116 Å². The fourth-order valence-corrected chi connectivity index (χ4v) is 3.24. The van der Waals surface area contributed by atoms with Crippen molar-refractivity contribution in [2.75, 3.05) is 14.2 Å². The van der Waals surface area contributed by atoms with Gasteiger partial charge in [-0.05, 0) is 36.1 Å². The van der Waals surface area contributed by atoms with E-state index in [1.807, 2.05) is 18.2 Å². The highest BCUT2D eigenvalue weighted by molar-refractivity contribution is 7.10. The smallest absolute Gasteiger partial charge is 0.127 e. The molecule has 1 aromatic heterocycles. The summed E-state index contributed by atoms with van der Waals surface area (Å²) in [5.74, 6) is 1.52. The van der Waals surface area contributed by atoms with Gasteiger partial charge in [0.05, 0.1) is 19.6 Å². The van der Waals surface area contributed by atoms with Crippen LogP contribution in [0.4, 0.5) is 0 Å². The number of hydrogen-bond acceptors (Lipinski definition) is 3. The van der Waals surface area contributed by atoms with Crippen LogP contribution in [0.3, 0.4) is 0 Å². The zero-order valence-corrected chi connectivity index (χ0v) is 12.1. The van der Waals surface area contributed by atoms with Gasteiger partial charge in [-0.2, -0.15) is 0 Å². The molecule has 1 aromatic carbocycles. The van der Waals surface area contributed by atoms with Crippen LogP contribution in [0.15, 0.2) is 29.6 Å². The molecule has 1 heterocycles. The van der Waals surface area contributed by atoms with E-state index >= 15 is 0 Å². The quantitative estimate of drug-likeness (QED) is 0.774. The van der Waals surface area contributed by atoms with E-state index in [1.165, 1.54) is 5.56 Å². The first-order chi connectivity index (χ1) is 8.67. The Bertz CT molecular complexity index is 536. The molecule has 2 nitrogen and oxygen atoms in total. The van der Waals surface area contributed by atoms with E-state index in [1.54, 1.807) is 25.6 Å². The van der Waals surface area contributed by atoms with E-state index in [0.29, 0.717) is 0 Å². The molecule has 1 unspecified atom stereocenters. The molecule has 0 spiro atoms. The van der Waals surface area contributed by atoms with E-state index in [2.05, 4.69) is 18.4 Å². The number of aryl methyl sites for hydroxylation is 1. The monoisotopic (exact) mass is 282 g/mol. The fraction of sp³-hybridized carbons (Fsp3) is 0.286. The molecule has 0 N–H and O–H groups in total. The zero-order valence-electron chi connectivity index (χ0n) is 10.6. The molecular weight excluding hydrogens is 268 g/mol. The molecule has 1 atom stereocenters. The average molecular weight is 283 g/mol. The van der Waals surface area contributed by atoms with Crippen molar-refractivity contribution in [2.24, 2.45) is 0 Å². The number of rotatable bonds is 4. The Kier molecular flexibility index (Phi) is 4.15. The first-order valence-corrected chi connectivity index (χ1v) is 6.89. The van der Waals surface area contributed by atoms with E-state index in [9.17, 15) is 0 Å². The van der Waals surface area contributed by atoms with Crippen LogP contribution in [-0.4, -0.2) is 14.2 Å². The topological polar surface area (TPSA) is 18.5 Å². The van der Waals surface area contributed by atoms with Crippen molar-refractivity contribution in [2.45, 2.75) is 12.3 Å². The second-order valence-electron chi connectivity index (χ2n) is 3.94. The van der Waals surface area contributed by atoms with Crippen molar-refractivity contribution >= 4 is 22.9 Å². The summed E-state index contributed by atoms with van der Waals surface area (Å²) in [6.45, 7) is 2.07. The predicted molar refractivity (Wildman–Crippen MR) is 76.3 cm³/mol. The van der Waals surface area contributed by atoms with Crippen LogP contribution < -0.4 is 9.47 Å². The van der Waals surface area contributed by atoms with Crippen molar-refractivity contribution in [3.05, 3.63) is 45.6 Å². The summed E-state index contributed by atoms with van der Waals surface area (Å²) in [4.78, 5) is 1.15. The summed E-state index contributed by atoms with van der Waals surface area (Å²) in [6, 6.07) is 7.78. The summed E-state index contributed by atoms with van der Waals surface area (Å²) < 4.78 is 10.6. The van der Waals surface area contributed by atoms with E-state index < -0.39 is 0 Å². The highest BCUT2D eigenvalue weighted by atomic mass is 35.5. The number of halogens is 1. The lowest BCUT2D eigenvalue weighted by atomic mass is 10.1. The minimum absolute atomic E-state index is 0.189. The van der Waals surface area contributed by atoms with Crippen LogP contribution >= 0.6 is 22.9 Å². The molecule has 0 saturated heterocycles. The molecule has 2 rings (SSSR count). The second-order valence-corrected chi connectivity index (χ2v) is 5.32. The highest BCUT2D eigenvalue weighted by Crippen LogP contribution is 2.40. The van der Waals surface area contributed by atoms with E-state index in [4.69, 9.17) is 21.1 Å². The third kappa shape index (κ3) is 2.47. The summed E-state index contributed by atoms with van der Waals surface area (Å²) in [7, 11) is 3.28. The Morgan fingerprint density at radius 2 is 1.94 bits per heavy atom. The van der Waals surface area contributed by atoms with Crippen LogP contribution in [0, 0.1) is 6.92 Å². The van der Waals surface area contributed by atoms with Gasteiger partial charge in [-0.25, -0.2) is 0 Å². The molecule has 0 fully saturated rings. The number of ether oxygens (including phenoxy) is 2. The van der Waals surface area contributed by atoms with Gasteiger partial charge < -0.3 is 9.47 Å². The Morgan fingerprint density at radius 1 is 1.17 bits per heavy atom. The first kappa shape index (κ1) is 13.2. The molecule has 18 heavy (non-hydrogen) atoms. The molecule has 0 radical (unpaired) electrons. The lowest BCUT2D eigenvalue weighted by molar-refractivity contribution is 0.391. The van der Waals surface area contributed by atoms with Crippen LogP contribution in [0.1, 0.15) is 21.4 Å². The lowest BCUT2D eigenvalue weighted by Gasteiger charge is -2.14.